The van der Waals surface area contributed by atoms with Gasteiger partial charge in [-0.05, 0) is 36.8 Å². The van der Waals surface area contributed by atoms with Crippen LogP contribution in [-0.4, -0.2) is 42.0 Å². The summed E-state index contributed by atoms with van der Waals surface area (Å²) in [5, 5.41) is 13.8. The predicted octanol–water partition coefficient (Wildman–Crippen LogP) is 3.85. The zero-order valence-electron chi connectivity index (χ0n) is 16.6. The molecule has 1 aromatic heterocycles. The van der Waals surface area contributed by atoms with Crippen LogP contribution < -0.4 is 20.1 Å². The maximum Gasteiger partial charge on any atom is 0.261 e. The van der Waals surface area contributed by atoms with Crippen molar-refractivity contribution in [1.29, 1.82) is 0 Å². The van der Waals surface area contributed by atoms with E-state index in [1.807, 2.05) is 31.2 Å². The number of nitrogens with one attached hydrogen (secondary N) is 2. The number of thioether (sulfide) groups is 1. The molecule has 0 unspecified atom stereocenters. The molecule has 2 amide bonds. The molecule has 0 bridgehead atoms. The number of benzene rings is 2. The zero-order chi connectivity index (χ0) is 21.5. The van der Waals surface area contributed by atoms with Crippen molar-refractivity contribution in [1.82, 2.24) is 10.2 Å². The summed E-state index contributed by atoms with van der Waals surface area (Å²) in [4.78, 5) is 24.7. The van der Waals surface area contributed by atoms with Crippen molar-refractivity contribution in [2.24, 2.45) is 0 Å². The molecule has 156 valence electrons. The summed E-state index contributed by atoms with van der Waals surface area (Å²) in [6, 6.07) is 12.6. The van der Waals surface area contributed by atoms with Crippen LogP contribution in [0.4, 0.5) is 10.8 Å². The Balaban J connectivity index is 1.57. The first-order valence-corrected chi connectivity index (χ1v) is 10.7. The van der Waals surface area contributed by atoms with Gasteiger partial charge in [0.2, 0.25) is 11.0 Å². The number of ether oxygens (including phenoxy) is 2. The Morgan fingerprint density at radius 2 is 1.87 bits per heavy atom. The fourth-order valence-electron chi connectivity index (χ4n) is 2.60. The standard InChI is InChI=1S/C20H20N4O4S2/c1-12-6-4-7-13(10-12)21-16(25)11-29-20-24-23-19(30-20)22-18(26)14-8-5-9-15(27-2)17(14)28-3/h4-10H,11H2,1-3H3,(H,21,25)(H,22,23,26). The van der Waals surface area contributed by atoms with Crippen molar-refractivity contribution in [2.75, 3.05) is 30.6 Å². The molecular weight excluding hydrogens is 424 g/mol. The summed E-state index contributed by atoms with van der Waals surface area (Å²) in [5.74, 6) is 0.436. The van der Waals surface area contributed by atoms with Gasteiger partial charge in [0.1, 0.15) is 0 Å². The molecule has 0 spiro atoms. The minimum Gasteiger partial charge on any atom is -0.493 e. The summed E-state index contributed by atoms with van der Waals surface area (Å²) in [6.07, 6.45) is 0. The number of carbonyl (C=O) groups excluding carboxylic acids is 2. The van der Waals surface area contributed by atoms with Crippen LogP contribution in [0.2, 0.25) is 0 Å². The highest BCUT2D eigenvalue weighted by Gasteiger charge is 2.18. The molecule has 0 aliphatic rings. The second-order valence-electron chi connectivity index (χ2n) is 6.07. The molecule has 0 aliphatic carbocycles. The van der Waals surface area contributed by atoms with E-state index >= 15 is 0 Å². The van der Waals surface area contributed by atoms with E-state index < -0.39 is 5.91 Å². The molecule has 0 atom stereocenters. The molecule has 10 heteroatoms. The summed E-state index contributed by atoms with van der Waals surface area (Å²) in [7, 11) is 2.97. The second-order valence-corrected chi connectivity index (χ2v) is 8.27. The van der Waals surface area contributed by atoms with Crippen molar-refractivity contribution < 1.29 is 19.1 Å². The molecule has 0 saturated heterocycles. The summed E-state index contributed by atoms with van der Waals surface area (Å²) in [6.45, 7) is 1.96. The van der Waals surface area contributed by atoms with Crippen molar-refractivity contribution >= 4 is 45.7 Å². The lowest BCUT2D eigenvalue weighted by molar-refractivity contribution is -0.113. The third-order valence-electron chi connectivity index (χ3n) is 3.90. The van der Waals surface area contributed by atoms with Gasteiger partial charge in [-0.2, -0.15) is 0 Å². The first-order valence-electron chi connectivity index (χ1n) is 8.85. The largest absolute Gasteiger partial charge is 0.493 e. The molecule has 3 rings (SSSR count). The molecule has 8 nitrogen and oxygen atoms in total. The quantitative estimate of drug-likeness (QED) is 0.402. The van der Waals surface area contributed by atoms with Crippen LogP contribution in [0.15, 0.2) is 46.8 Å². The Bertz CT molecular complexity index is 1050. The monoisotopic (exact) mass is 444 g/mol. The highest BCUT2D eigenvalue weighted by molar-refractivity contribution is 8.01. The van der Waals surface area contributed by atoms with Crippen LogP contribution >= 0.6 is 23.1 Å². The van der Waals surface area contributed by atoms with E-state index in [0.29, 0.717) is 26.5 Å². The summed E-state index contributed by atoms with van der Waals surface area (Å²) < 4.78 is 11.1. The summed E-state index contributed by atoms with van der Waals surface area (Å²) in [5.41, 5.74) is 2.13. The molecule has 0 aliphatic heterocycles. The minimum absolute atomic E-state index is 0.146. The molecule has 0 fully saturated rings. The predicted molar refractivity (Wildman–Crippen MR) is 118 cm³/mol. The van der Waals surface area contributed by atoms with Crippen LogP contribution in [0.5, 0.6) is 11.5 Å². The number of hydrogen-bond acceptors (Lipinski definition) is 8. The third-order valence-corrected chi connectivity index (χ3v) is 5.88. The van der Waals surface area contributed by atoms with Gasteiger partial charge in [0.05, 0.1) is 25.5 Å². The van der Waals surface area contributed by atoms with E-state index in [1.54, 1.807) is 18.2 Å². The van der Waals surface area contributed by atoms with Gasteiger partial charge < -0.3 is 14.8 Å². The van der Waals surface area contributed by atoms with Gasteiger partial charge >= 0.3 is 0 Å². The van der Waals surface area contributed by atoms with E-state index in [9.17, 15) is 9.59 Å². The maximum absolute atomic E-state index is 12.6. The normalized spacial score (nSPS) is 10.4. The number of para-hydroxylation sites is 1. The van der Waals surface area contributed by atoms with E-state index in [-0.39, 0.29) is 11.7 Å². The van der Waals surface area contributed by atoms with Gasteiger partial charge in [-0.3, -0.25) is 14.9 Å². The first-order chi connectivity index (χ1) is 14.5. The molecule has 0 radical (unpaired) electrons. The van der Waals surface area contributed by atoms with Crippen molar-refractivity contribution in [3.63, 3.8) is 0 Å². The fourth-order valence-corrected chi connectivity index (χ4v) is 4.14. The molecule has 2 N–H and O–H groups in total. The van der Waals surface area contributed by atoms with Crippen LogP contribution in [0, 0.1) is 6.92 Å². The lowest BCUT2D eigenvalue weighted by Gasteiger charge is -2.11. The number of amides is 2. The van der Waals surface area contributed by atoms with Crippen molar-refractivity contribution in [2.45, 2.75) is 11.3 Å². The number of hydrogen-bond donors (Lipinski definition) is 2. The van der Waals surface area contributed by atoms with E-state index in [2.05, 4.69) is 20.8 Å². The molecular formula is C20H20N4O4S2. The smallest absolute Gasteiger partial charge is 0.261 e. The summed E-state index contributed by atoms with van der Waals surface area (Å²) >= 11 is 2.43. The number of nitrogens with zero attached hydrogens (tertiary/aromatic N) is 2. The Morgan fingerprint density at radius 1 is 1.07 bits per heavy atom. The molecule has 2 aromatic carbocycles. The number of methoxy groups -OCH3 is 2. The van der Waals surface area contributed by atoms with Gasteiger partial charge in [-0.1, -0.05) is 41.3 Å². The highest BCUT2D eigenvalue weighted by atomic mass is 32.2. The SMILES string of the molecule is COc1cccc(C(=O)Nc2nnc(SCC(=O)Nc3cccc(C)c3)s2)c1OC. The van der Waals surface area contributed by atoms with E-state index in [0.717, 1.165) is 11.3 Å². The van der Waals surface area contributed by atoms with Gasteiger partial charge in [0.15, 0.2) is 15.8 Å². The second kappa shape index (κ2) is 10.1. The lowest BCUT2D eigenvalue weighted by Crippen LogP contribution is -2.13. The molecule has 3 aromatic rings. The average Bonchev–Trinajstić information content (AvgIpc) is 3.18. The van der Waals surface area contributed by atoms with Crippen molar-refractivity contribution in [3.05, 3.63) is 53.6 Å². The molecule has 0 saturated carbocycles. The van der Waals surface area contributed by atoms with Gasteiger partial charge in [-0.25, -0.2) is 0 Å². The van der Waals surface area contributed by atoms with Crippen LogP contribution in [0.1, 0.15) is 15.9 Å². The zero-order valence-corrected chi connectivity index (χ0v) is 18.2. The molecule has 30 heavy (non-hydrogen) atoms. The Kier molecular flexibility index (Phi) is 7.26. The number of carbonyl (C=O) groups is 2. The minimum atomic E-state index is -0.393. The van der Waals surface area contributed by atoms with Crippen LogP contribution in [0.3, 0.4) is 0 Å². The Labute approximate surface area is 182 Å². The molecule has 1 heterocycles. The highest BCUT2D eigenvalue weighted by Crippen LogP contribution is 2.32. The number of aryl methyl sites for hydroxylation is 1. The Hall–Kier alpha value is -3.11. The number of rotatable bonds is 8. The van der Waals surface area contributed by atoms with Gasteiger partial charge in [0, 0.05) is 5.69 Å². The third kappa shape index (κ3) is 5.49. The van der Waals surface area contributed by atoms with E-state index in [1.165, 1.54) is 37.3 Å². The number of aromatic nitrogens is 2. The first kappa shape index (κ1) is 21.6. The lowest BCUT2D eigenvalue weighted by atomic mass is 10.1. The Morgan fingerprint density at radius 3 is 2.60 bits per heavy atom. The average molecular weight is 445 g/mol. The number of anilines is 2. The maximum atomic E-state index is 12.6. The van der Waals surface area contributed by atoms with Crippen LogP contribution in [0.25, 0.3) is 0 Å². The van der Waals surface area contributed by atoms with Crippen molar-refractivity contribution in [3.8, 4) is 11.5 Å². The van der Waals surface area contributed by atoms with Gasteiger partial charge in [-0.15, -0.1) is 10.2 Å². The van der Waals surface area contributed by atoms with Crippen LogP contribution in [-0.2, 0) is 4.79 Å². The van der Waals surface area contributed by atoms with E-state index in [4.69, 9.17) is 9.47 Å². The van der Waals surface area contributed by atoms with Gasteiger partial charge in [0.25, 0.3) is 5.91 Å². The fraction of sp³-hybridized carbons (Fsp3) is 0.200. The topological polar surface area (TPSA) is 102 Å².